The number of aromatic nitrogens is 1. The van der Waals surface area contributed by atoms with Crippen LogP contribution >= 0.6 is 0 Å². The number of pyridine rings is 1. The number of hydrogen-bond acceptors (Lipinski definition) is 6. The van der Waals surface area contributed by atoms with Crippen LogP contribution in [0.4, 0.5) is 0 Å². The fourth-order valence-corrected chi connectivity index (χ4v) is 4.80. The highest BCUT2D eigenvalue weighted by atomic mass is 16.5. The van der Waals surface area contributed by atoms with Crippen molar-refractivity contribution in [2.24, 2.45) is 0 Å². The molecule has 0 saturated carbocycles. The van der Waals surface area contributed by atoms with E-state index in [1.807, 2.05) is 36.5 Å². The van der Waals surface area contributed by atoms with E-state index in [4.69, 9.17) is 9.47 Å². The molecule has 3 aromatic rings. The van der Waals surface area contributed by atoms with Gasteiger partial charge in [0.15, 0.2) is 11.5 Å². The van der Waals surface area contributed by atoms with E-state index in [1.165, 1.54) is 30.4 Å². The number of unbranched alkanes of at least 4 members (excludes halogenated alkanes) is 3. The summed E-state index contributed by atoms with van der Waals surface area (Å²) >= 11 is 0. The molecule has 35 heavy (non-hydrogen) atoms. The molecule has 2 aromatic carbocycles. The van der Waals surface area contributed by atoms with Gasteiger partial charge < -0.3 is 14.6 Å². The molecule has 4 rings (SSSR count). The largest absolute Gasteiger partial charge is 0.508 e. The average molecular weight is 476 g/mol. The minimum absolute atomic E-state index is 0.361. The van der Waals surface area contributed by atoms with Gasteiger partial charge in [-0.05, 0) is 67.4 Å². The minimum atomic E-state index is 0.361. The molecule has 1 aliphatic heterocycles. The van der Waals surface area contributed by atoms with Gasteiger partial charge in [-0.2, -0.15) is 0 Å². The van der Waals surface area contributed by atoms with E-state index in [1.54, 1.807) is 20.3 Å². The predicted molar refractivity (Wildman–Crippen MR) is 139 cm³/mol. The molecule has 6 nitrogen and oxygen atoms in total. The van der Waals surface area contributed by atoms with Gasteiger partial charge in [-0.3, -0.25) is 14.8 Å². The normalized spacial score (nSPS) is 13.2. The second-order valence-corrected chi connectivity index (χ2v) is 9.26. The van der Waals surface area contributed by atoms with Crippen molar-refractivity contribution in [2.45, 2.75) is 51.9 Å². The third-order valence-electron chi connectivity index (χ3n) is 6.69. The molecule has 1 N–H and O–H groups in total. The molecular formula is C29H37N3O3. The Labute approximate surface area is 209 Å². The predicted octanol–water partition coefficient (Wildman–Crippen LogP) is 5.38. The van der Waals surface area contributed by atoms with Crippen molar-refractivity contribution < 1.29 is 14.6 Å². The number of aromatic hydroxyl groups is 1. The van der Waals surface area contributed by atoms with Crippen molar-refractivity contribution in [3.8, 4) is 17.2 Å². The topological polar surface area (TPSA) is 58.1 Å². The van der Waals surface area contributed by atoms with Crippen LogP contribution in [0.3, 0.4) is 0 Å². The molecule has 0 fully saturated rings. The summed E-state index contributed by atoms with van der Waals surface area (Å²) in [5, 5.41) is 10.2. The third-order valence-corrected chi connectivity index (χ3v) is 6.69. The van der Waals surface area contributed by atoms with Gasteiger partial charge in [0.05, 0.1) is 19.9 Å². The highest BCUT2D eigenvalue weighted by molar-refractivity contribution is 5.48. The van der Waals surface area contributed by atoms with E-state index in [9.17, 15) is 5.11 Å². The molecule has 0 unspecified atom stereocenters. The van der Waals surface area contributed by atoms with Crippen LogP contribution in [-0.4, -0.2) is 47.2 Å². The van der Waals surface area contributed by atoms with Gasteiger partial charge in [-0.15, -0.1) is 0 Å². The number of fused-ring (bicyclic) bond motifs is 1. The first-order chi connectivity index (χ1) is 17.2. The van der Waals surface area contributed by atoms with Gasteiger partial charge in [0.25, 0.3) is 0 Å². The summed E-state index contributed by atoms with van der Waals surface area (Å²) in [5.41, 5.74) is 4.71. The Morgan fingerprint density at radius 1 is 0.857 bits per heavy atom. The van der Waals surface area contributed by atoms with Crippen LogP contribution in [-0.2, 0) is 26.2 Å². The number of para-hydroxylation sites is 1. The lowest BCUT2D eigenvalue weighted by Gasteiger charge is -2.22. The van der Waals surface area contributed by atoms with Crippen molar-refractivity contribution in [3.05, 3.63) is 83.2 Å². The number of nitrogens with zero attached hydrogens (tertiary/aromatic N) is 3. The zero-order chi connectivity index (χ0) is 24.5. The molecule has 0 saturated heterocycles. The molecule has 2 heterocycles. The maximum atomic E-state index is 10.2. The van der Waals surface area contributed by atoms with Crippen LogP contribution in [0.15, 0.2) is 60.8 Å². The third kappa shape index (κ3) is 6.96. The molecule has 1 aliphatic rings. The quantitative estimate of drug-likeness (QED) is 0.335. The Morgan fingerprint density at radius 2 is 1.54 bits per heavy atom. The van der Waals surface area contributed by atoms with E-state index in [0.29, 0.717) is 5.75 Å². The summed E-state index contributed by atoms with van der Waals surface area (Å²) in [6.45, 7) is 5.56. The van der Waals surface area contributed by atoms with Crippen LogP contribution in [0.25, 0.3) is 0 Å². The van der Waals surface area contributed by atoms with Crippen LogP contribution in [0.2, 0.25) is 0 Å². The Balaban J connectivity index is 1.21. The summed E-state index contributed by atoms with van der Waals surface area (Å²) in [6.07, 6.45) is 6.59. The zero-order valence-corrected chi connectivity index (χ0v) is 20.9. The number of rotatable bonds is 13. The SMILES string of the molecule is COc1cc2c(cc1OC)CN(CCCCCCN(Cc1ccccn1)Cc1ccccc1O)C2. The first kappa shape index (κ1) is 25.0. The van der Waals surface area contributed by atoms with Gasteiger partial charge in [-0.25, -0.2) is 0 Å². The van der Waals surface area contributed by atoms with Crippen LogP contribution in [0, 0.1) is 0 Å². The molecule has 0 amide bonds. The summed E-state index contributed by atoms with van der Waals surface area (Å²) in [7, 11) is 3.38. The molecule has 6 heteroatoms. The van der Waals surface area contributed by atoms with Crippen molar-refractivity contribution in [3.63, 3.8) is 0 Å². The van der Waals surface area contributed by atoms with E-state index in [0.717, 1.165) is 68.4 Å². The van der Waals surface area contributed by atoms with Crippen molar-refractivity contribution >= 4 is 0 Å². The molecule has 1 aromatic heterocycles. The number of phenols is 1. The second kappa shape index (κ2) is 12.6. The van der Waals surface area contributed by atoms with Gasteiger partial charge in [0, 0.05) is 37.9 Å². The Hall–Kier alpha value is -3.09. The molecule has 0 radical (unpaired) electrons. The van der Waals surface area contributed by atoms with Crippen molar-refractivity contribution in [1.29, 1.82) is 0 Å². The highest BCUT2D eigenvalue weighted by Gasteiger charge is 2.21. The summed E-state index contributed by atoms with van der Waals surface area (Å²) in [5.74, 6) is 1.99. The van der Waals surface area contributed by atoms with Crippen LogP contribution in [0.1, 0.15) is 48.1 Å². The molecular weight excluding hydrogens is 438 g/mol. The standard InChI is InChI=1S/C29H37N3O3/c1-34-28-17-24-20-31(21-25(24)18-29(28)35-2)15-9-3-4-10-16-32(22-26-12-7-8-14-30-26)19-23-11-5-6-13-27(23)33/h5-8,11-14,17-18,33H,3-4,9-10,15-16,19-22H2,1-2H3. The molecule has 0 bridgehead atoms. The fourth-order valence-electron chi connectivity index (χ4n) is 4.80. The molecule has 0 aliphatic carbocycles. The Bertz CT molecular complexity index is 1040. The second-order valence-electron chi connectivity index (χ2n) is 9.26. The Kier molecular flexibility index (Phi) is 8.98. The summed E-state index contributed by atoms with van der Waals surface area (Å²) < 4.78 is 10.9. The lowest BCUT2D eigenvalue weighted by molar-refractivity contribution is 0.241. The van der Waals surface area contributed by atoms with Crippen molar-refractivity contribution in [2.75, 3.05) is 27.3 Å². The highest BCUT2D eigenvalue weighted by Crippen LogP contribution is 2.35. The first-order valence-electron chi connectivity index (χ1n) is 12.5. The number of hydrogen-bond donors (Lipinski definition) is 1. The van der Waals surface area contributed by atoms with Gasteiger partial charge in [0.2, 0.25) is 0 Å². The van der Waals surface area contributed by atoms with E-state index in [2.05, 4.69) is 33.0 Å². The summed E-state index contributed by atoms with van der Waals surface area (Å²) in [4.78, 5) is 9.39. The zero-order valence-electron chi connectivity index (χ0n) is 20.9. The average Bonchev–Trinajstić information content (AvgIpc) is 3.28. The maximum Gasteiger partial charge on any atom is 0.161 e. The molecule has 0 atom stereocenters. The number of benzene rings is 2. The smallest absolute Gasteiger partial charge is 0.161 e. The summed E-state index contributed by atoms with van der Waals surface area (Å²) in [6, 6.07) is 17.9. The van der Waals surface area contributed by atoms with Crippen molar-refractivity contribution in [1.82, 2.24) is 14.8 Å². The monoisotopic (exact) mass is 475 g/mol. The number of phenolic OH excluding ortho intramolecular Hbond substituents is 1. The van der Waals surface area contributed by atoms with E-state index < -0.39 is 0 Å². The van der Waals surface area contributed by atoms with Crippen LogP contribution in [0.5, 0.6) is 17.2 Å². The minimum Gasteiger partial charge on any atom is -0.508 e. The van der Waals surface area contributed by atoms with Gasteiger partial charge in [0.1, 0.15) is 5.75 Å². The lowest BCUT2D eigenvalue weighted by Crippen LogP contribution is -2.24. The number of methoxy groups -OCH3 is 2. The van der Waals surface area contributed by atoms with Gasteiger partial charge in [-0.1, -0.05) is 37.1 Å². The fraction of sp³-hybridized carbons (Fsp3) is 0.414. The maximum absolute atomic E-state index is 10.2. The van der Waals surface area contributed by atoms with E-state index >= 15 is 0 Å². The lowest BCUT2D eigenvalue weighted by atomic mass is 10.1. The number of ether oxygens (including phenoxy) is 2. The Morgan fingerprint density at radius 3 is 2.20 bits per heavy atom. The molecule has 0 spiro atoms. The van der Waals surface area contributed by atoms with Crippen LogP contribution < -0.4 is 9.47 Å². The first-order valence-corrected chi connectivity index (χ1v) is 12.5. The molecule has 186 valence electrons. The van der Waals surface area contributed by atoms with Gasteiger partial charge >= 0.3 is 0 Å². The van der Waals surface area contributed by atoms with E-state index in [-0.39, 0.29) is 0 Å².